The molecule has 0 amide bonds. The van der Waals surface area contributed by atoms with E-state index >= 15 is 0 Å². The average molecular weight is 679 g/mol. The molecule has 0 saturated heterocycles. The van der Waals surface area contributed by atoms with Crippen molar-refractivity contribution in [3.05, 3.63) is 216 Å². The Balaban J connectivity index is 1.31. The summed E-state index contributed by atoms with van der Waals surface area (Å²) in [7, 11) is 0. The smallest absolute Gasteiger partial charge is 0.135 e. The molecule has 0 radical (unpaired) electrons. The van der Waals surface area contributed by atoms with Gasteiger partial charge in [-0.1, -0.05) is 184 Å². The van der Waals surface area contributed by atoms with Crippen molar-refractivity contribution in [3.8, 4) is 44.5 Å². The first kappa shape index (κ1) is 31.3. The summed E-state index contributed by atoms with van der Waals surface area (Å²) >= 11 is 0. The van der Waals surface area contributed by atoms with Crippen molar-refractivity contribution in [2.24, 2.45) is 0 Å². The average Bonchev–Trinajstić information content (AvgIpc) is 3.71. The summed E-state index contributed by atoms with van der Waals surface area (Å²) in [6.07, 6.45) is 0. The third kappa shape index (κ3) is 5.07. The first-order valence-electron chi connectivity index (χ1n) is 18.5. The molecule has 53 heavy (non-hydrogen) atoms. The lowest BCUT2D eigenvalue weighted by Gasteiger charge is -2.28. The first-order chi connectivity index (χ1) is 26.1. The van der Waals surface area contributed by atoms with E-state index < -0.39 is 0 Å². The fourth-order valence-corrected chi connectivity index (χ4v) is 8.90. The molecule has 1 atom stereocenters. The molecule has 1 unspecified atom stereocenters. The highest BCUT2D eigenvalue weighted by Crippen LogP contribution is 2.56. The minimum atomic E-state index is -0.142. The molecule has 1 heteroatoms. The van der Waals surface area contributed by atoms with E-state index in [1.165, 1.54) is 77.7 Å². The Hall–Kier alpha value is -6.44. The molecule has 9 aromatic rings. The number of hydrogen-bond acceptors (Lipinski definition) is 1. The van der Waals surface area contributed by atoms with E-state index in [0.717, 1.165) is 16.6 Å². The summed E-state index contributed by atoms with van der Waals surface area (Å²) < 4.78 is 6.68. The monoisotopic (exact) mass is 678 g/mol. The van der Waals surface area contributed by atoms with Gasteiger partial charge in [0.15, 0.2) is 0 Å². The normalized spacial score (nSPS) is 13.5. The Morgan fingerprint density at radius 3 is 1.75 bits per heavy atom. The number of furan rings is 1. The molecule has 252 valence electrons. The van der Waals surface area contributed by atoms with Gasteiger partial charge in [0.1, 0.15) is 11.2 Å². The van der Waals surface area contributed by atoms with Gasteiger partial charge in [0.2, 0.25) is 0 Å². The molecule has 0 bridgehead atoms. The number of fused-ring (bicyclic) bond motifs is 6. The maximum absolute atomic E-state index is 6.68. The van der Waals surface area contributed by atoms with Crippen LogP contribution in [0.4, 0.5) is 0 Å². The maximum Gasteiger partial charge on any atom is 0.135 e. The van der Waals surface area contributed by atoms with Gasteiger partial charge in [-0.2, -0.15) is 0 Å². The van der Waals surface area contributed by atoms with Crippen LogP contribution in [-0.2, 0) is 5.41 Å². The van der Waals surface area contributed by atoms with Crippen molar-refractivity contribution < 1.29 is 4.42 Å². The van der Waals surface area contributed by atoms with Crippen molar-refractivity contribution in [1.82, 2.24) is 0 Å². The zero-order valence-corrected chi connectivity index (χ0v) is 29.9. The van der Waals surface area contributed by atoms with Crippen molar-refractivity contribution in [1.29, 1.82) is 0 Å². The van der Waals surface area contributed by atoms with Gasteiger partial charge in [0.05, 0.1) is 0 Å². The first-order valence-corrected chi connectivity index (χ1v) is 18.5. The summed E-state index contributed by atoms with van der Waals surface area (Å²) in [5.41, 5.74) is 18.2. The molecule has 0 N–H and O–H groups in total. The standard InChI is InChI=1S/C52H38O/c1-52(2)44-23-13-12-21-41(44)50-45(52)31-30-40(37-19-10-5-11-20-37)51(50)48(38-27-25-36(26-28-38)34-15-6-3-7-16-34)42-22-14-24-47-49(42)43-33-39(29-32-46(43)53-47)35-17-8-4-9-18-35/h3-33,48H,1-2H3. The minimum Gasteiger partial charge on any atom is -0.456 e. The third-order valence-corrected chi connectivity index (χ3v) is 11.5. The Morgan fingerprint density at radius 2 is 1.04 bits per heavy atom. The fourth-order valence-electron chi connectivity index (χ4n) is 8.90. The van der Waals surface area contributed by atoms with Gasteiger partial charge in [0.25, 0.3) is 0 Å². The molecular formula is C52H38O. The van der Waals surface area contributed by atoms with Gasteiger partial charge in [0, 0.05) is 22.1 Å². The van der Waals surface area contributed by atoms with Crippen LogP contribution in [0.3, 0.4) is 0 Å². The molecule has 1 nitrogen and oxygen atoms in total. The zero-order chi connectivity index (χ0) is 35.5. The number of benzene rings is 8. The van der Waals surface area contributed by atoms with Crippen molar-refractivity contribution in [2.75, 3.05) is 0 Å². The van der Waals surface area contributed by atoms with Gasteiger partial charge in [-0.25, -0.2) is 0 Å². The Labute approximate surface area is 310 Å². The van der Waals surface area contributed by atoms with Crippen LogP contribution in [0.2, 0.25) is 0 Å². The van der Waals surface area contributed by atoms with Crippen molar-refractivity contribution in [2.45, 2.75) is 25.2 Å². The molecule has 1 heterocycles. The van der Waals surface area contributed by atoms with Crippen LogP contribution < -0.4 is 0 Å². The summed E-state index contributed by atoms with van der Waals surface area (Å²) in [5.74, 6) is -0.100. The summed E-state index contributed by atoms with van der Waals surface area (Å²) in [6.45, 7) is 4.76. The van der Waals surface area contributed by atoms with Gasteiger partial charge in [-0.3, -0.25) is 0 Å². The SMILES string of the molecule is CC1(C)c2ccccc2-c2c1ccc(-c1ccccc1)c2C(c1ccc(-c2ccccc2)cc1)c1cccc2oc3ccc(-c4ccccc4)cc3c12. The largest absolute Gasteiger partial charge is 0.456 e. The maximum atomic E-state index is 6.68. The quantitative estimate of drug-likeness (QED) is 0.160. The molecular weight excluding hydrogens is 641 g/mol. The molecule has 0 aliphatic heterocycles. The van der Waals surface area contributed by atoms with Crippen LogP contribution in [0.25, 0.3) is 66.4 Å². The van der Waals surface area contributed by atoms with Crippen LogP contribution in [0.15, 0.2) is 192 Å². The molecule has 10 rings (SSSR count). The Bertz CT molecular complexity index is 2770. The van der Waals surface area contributed by atoms with E-state index in [-0.39, 0.29) is 11.3 Å². The lowest BCUT2D eigenvalue weighted by Crippen LogP contribution is -2.15. The predicted molar refractivity (Wildman–Crippen MR) is 221 cm³/mol. The highest BCUT2D eigenvalue weighted by atomic mass is 16.3. The molecule has 0 fully saturated rings. The van der Waals surface area contributed by atoms with Gasteiger partial charge < -0.3 is 4.42 Å². The second-order valence-corrected chi connectivity index (χ2v) is 14.8. The molecule has 1 aliphatic rings. The topological polar surface area (TPSA) is 13.1 Å². The fraction of sp³-hybridized carbons (Fsp3) is 0.0769. The van der Waals surface area contributed by atoms with Gasteiger partial charge in [-0.15, -0.1) is 0 Å². The number of hydrogen-bond donors (Lipinski definition) is 0. The molecule has 0 saturated carbocycles. The third-order valence-electron chi connectivity index (χ3n) is 11.5. The minimum absolute atomic E-state index is 0.100. The van der Waals surface area contributed by atoms with E-state index in [4.69, 9.17) is 4.42 Å². The molecule has 8 aromatic carbocycles. The lowest BCUT2D eigenvalue weighted by atomic mass is 9.75. The van der Waals surface area contributed by atoms with E-state index in [1.54, 1.807) is 0 Å². The Morgan fingerprint density at radius 1 is 0.434 bits per heavy atom. The van der Waals surface area contributed by atoms with Crippen molar-refractivity contribution >= 4 is 21.9 Å². The lowest BCUT2D eigenvalue weighted by molar-refractivity contribution is 0.659. The molecule has 0 spiro atoms. The zero-order valence-electron chi connectivity index (χ0n) is 29.9. The summed E-state index contributed by atoms with van der Waals surface area (Å²) in [5, 5.41) is 2.30. The second kappa shape index (κ2) is 12.4. The van der Waals surface area contributed by atoms with Crippen LogP contribution in [0.1, 0.15) is 47.6 Å². The highest BCUT2D eigenvalue weighted by molar-refractivity contribution is 6.09. The molecule has 1 aliphatic carbocycles. The molecule has 1 aromatic heterocycles. The van der Waals surface area contributed by atoms with Gasteiger partial charge >= 0.3 is 0 Å². The Kier molecular flexibility index (Phi) is 7.30. The van der Waals surface area contributed by atoms with E-state index in [0.29, 0.717) is 0 Å². The van der Waals surface area contributed by atoms with E-state index in [9.17, 15) is 0 Å². The van der Waals surface area contributed by atoms with Crippen LogP contribution in [0.5, 0.6) is 0 Å². The van der Waals surface area contributed by atoms with E-state index in [1.807, 2.05) is 0 Å². The summed E-state index contributed by atoms with van der Waals surface area (Å²) in [4.78, 5) is 0. The summed E-state index contributed by atoms with van der Waals surface area (Å²) in [6, 6.07) is 68.6. The van der Waals surface area contributed by atoms with E-state index in [2.05, 4.69) is 202 Å². The van der Waals surface area contributed by atoms with Gasteiger partial charge in [-0.05, 0) is 90.5 Å². The van der Waals surface area contributed by atoms with Crippen LogP contribution in [0, 0.1) is 0 Å². The highest BCUT2D eigenvalue weighted by Gasteiger charge is 2.39. The van der Waals surface area contributed by atoms with Crippen molar-refractivity contribution in [3.63, 3.8) is 0 Å². The number of rotatable bonds is 6. The van der Waals surface area contributed by atoms with Crippen LogP contribution in [-0.4, -0.2) is 0 Å². The van der Waals surface area contributed by atoms with Crippen LogP contribution >= 0.6 is 0 Å². The second-order valence-electron chi connectivity index (χ2n) is 14.8. The predicted octanol–water partition coefficient (Wildman–Crippen LogP) is 14.1.